The zero-order valence-corrected chi connectivity index (χ0v) is 16.8. The molecule has 3 heterocycles. The summed E-state index contributed by atoms with van der Waals surface area (Å²) in [6, 6.07) is 10.1. The van der Waals surface area contributed by atoms with Gasteiger partial charge in [-0.2, -0.15) is 0 Å². The third kappa shape index (κ3) is 4.23. The smallest absolute Gasteiger partial charge is 0.229 e. The Morgan fingerprint density at radius 1 is 1.29 bits per heavy atom. The van der Waals surface area contributed by atoms with Crippen molar-refractivity contribution in [3.8, 4) is 0 Å². The molecule has 8 heteroatoms. The Hall–Kier alpha value is -2.32. The number of rotatable bonds is 5. The first-order valence-electron chi connectivity index (χ1n) is 9.72. The van der Waals surface area contributed by atoms with E-state index in [9.17, 15) is 9.59 Å². The molecule has 4 rings (SSSR count). The Labute approximate surface area is 168 Å². The molecule has 1 aromatic heterocycles. The Balaban J connectivity index is 1.39. The molecule has 2 aliphatic rings. The van der Waals surface area contributed by atoms with Crippen molar-refractivity contribution in [1.29, 1.82) is 0 Å². The van der Waals surface area contributed by atoms with Crippen LogP contribution in [-0.4, -0.2) is 47.2 Å². The molecule has 2 aromatic rings. The van der Waals surface area contributed by atoms with Gasteiger partial charge in [0.2, 0.25) is 16.9 Å². The highest BCUT2D eigenvalue weighted by Crippen LogP contribution is 2.29. The molecular weight excluding hydrogens is 374 g/mol. The van der Waals surface area contributed by atoms with Gasteiger partial charge in [0.25, 0.3) is 0 Å². The summed E-state index contributed by atoms with van der Waals surface area (Å²) in [5.41, 5.74) is 0.968. The fourth-order valence-electron chi connectivity index (χ4n) is 3.77. The maximum Gasteiger partial charge on any atom is 0.229 e. The Morgan fingerprint density at radius 2 is 2.04 bits per heavy atom. The third-order valence-electron chi connectivity index (χ3n) is 5.51. The minimum absolute atomic E-state index is 0.0331. The molecule has 148 valence electrons. The first-order chi connectivity index (χ1) is 13.5. The SMILES string of the molecule is CC1(NC(=O)C2CC(=O)N(c3nnc(Cc4ccccc4)s3)C2)CCNCC1. The van der Waals surface area contributed by atoms with Gasteiger partial charge in [0.1, 0.15) is 5.01 Å². The van der Waals surface area contributed by atoms with Crippen LogP contribution in [0.2, 0.25) is 0 Å². The second-order valence-electron chi connectivity index (χ2n) is 7.85. The molecule has 1 atom stereocenters. The summed E-state index contributed by atoms with van der Waals surface area (Å²) in [5.74, 6) is -0.423. The number of anilines is 1. The maximum atomic E-state index is 12.7. The third-order valence-corrected chi connectivity index (χ3v) is 6.46. The summed E-state index contributed by atoms with van der Waals surface area (Å²) in [7, 11) is 0. The van der Waals surface area contributed by atoms with Crippen LogP contribution < -0.4 is 15.5 Å². The van der Waals surface area contributed by atoms with Gasteiger partial charge >= 0.3 is 0 Å². The Bertz CT molecular complexity index is 847. The summed E-state index contributed by atoms with van der Waals surface area (Å²) >= 11 is 1.42. The van der Waals surface area contributed by atoms with Crippen molar-refractivity contribution in [2.45, 2.75) is 38.1 Å². The average Bonchev–Trinajstić information content (AvgIpc) is 3.29. The number of piperidine rings is 1. The van der Waals surface area contributed by atoms with E-state index in [1.807, 2.05) is 30.3 Å². The standard InChI is InChI=1S/C20H25N5O2S/c1-20(7-9-21-10-8-20)22-18(27)15-12-17(26)25(13-15)19-24-23-16(28-19)11-14-5-3-2-4-6-14/h2-6,15,21H,7-13H2,1H3,(H,22,27). The number of benzene rings is 1. The zero-order valence-electron chi connectivity index (χ0n) is 16.0. The molecule has 2 amide bonds. The van der Waals surface area contributed by atoms with E-state index in [0.29, 0.717) is 18.1 Å². The van der Waals surface area contributed by atoms with Gasteiger partial charge in [-0.15, -0.1) is 10.2 Å². The van der Waals surface area contributed by atoms with Gasteiger partial charge in [-0.3, -0.25) is 14.5 Å². The van der Waals surface area contributed by atoms with E-state index in [2.05, 4.69) is 27.8 Å². The topological polar surface area (TPSA) is 87.2 Å². The number of carbonyl (C=O) groups is 2. The van der Waals surface area contributed by atoms with Crippen LogP contribution in [0.4, 0.5) is 5.13 Å². The van der Waals surface area contributed by atoms with E-state index in [1.165, 1.54) is 11.3 Å². The van der Waals surface area contributed by atoms with Gasteiger partial charge in [0.05, 0.1) is 5.92 Å². The maximum absolute atomic E-state index is 12.7. The molecule has 2 N–H and O–H groups in total. The molecule has 1 aromatic carbocycles. The molecule has 7 nitrogen and oxygen atoms in total. The number of hydrogen-bond donors (Lipinski definition) is 2. The highest BCUT2D eigenvalue weighted by molar-refractivity contribution is 7.15. The molecular formula is C20H25N5O2S. The number of amides is 2. The summed E-state index contributed by atoms with van der Waals surface area (Å²) in [6.07, 6.45) is 2.73. The number of aromatic nitrogens is 2. The fourth-order valence-corrected chi connectivity index (χ4v) is 4.67. The lowest BCUT2D eigenvalue weighted by atomic mass is 9.89. The van der Waals surface area contributed by atoms with Gasteiger partial charge in [-0.25, -0.2) is 0 Å². The van der Waals surface area contributed by atoms with Crippen molar-refractivity contribution in [2.75, 3.05) is 24.5 Å². The minimum Gasteiger partial charge on any atom is -0.351 e. The molecule has 2 saturated heterocycles. The van der Waals surface area contributed by atoms with Crippen molar-refractivity contribution >= 4 is 28.3 Å². The van der Waals surface area contributed by atoms with Crippen molar-refractivity contribution in [1.82, 2.24) is 20.8 Å². The van der Waals surface area contributed by atoms with Gasteiger partial charge in [-0.05, 0) is 38.4 Å². The first kappa shape index (κ1) is 19.0. The predicted octanol–water partition coefficient (Wildman–Crippen LogP) is 1.74. The summed E-state index contributed by atoms with van der Waals surface area (Å²) in [4.78, 5) is 26.9. The number of carbonyl (C=O) groups excluding carboxylic acids is 2. The minimum atomic E-state index is -0.333. The molecule has 0 aliphatic carbocycles. The van der Waals surface area contributed by atoms with Crippen LogP contribution in [0.25, 0.3) is 0 Å². The van der Waals surface area contributed by atoms with Crippen LogP contribution in [0.1, 0.15) is 36.8 Å². The predicted molar refractivity (Wildman–Crippen MR) is 108 cm³/mol. The quantitative estimate of drug-likeness (QED) is 0.800. The van der Waals surface area contributed by atoms with Crippen LogP contribution in [0.3, 0.4) is 0 Å². The van der Waals surface area contributed by atoms with Gasteiger partial charge in [-0.1, -0.05) is 41.7 Å². The van der Waals surface area contributed by atoms with E-state index in [1.54, 1.807) is 4.90 Å². The van der Waals surface area contributed by atoms with E-state index in [4.69, 9.17) is 0 Å². The molecule has 28 heavy (non-hydrogen) atoms. The largest absolute Gasteiger partial charge is 0.351 e. The molecule has 1 unspecified atom stereocenters. The van der Waals surface area contributed by atoms with Gasteiger partial charge in [0, 0.05) is 24.9 Å². The van der Waals surface area contributed by atoms with Crippen molar-refractivity contribution in [3.05, 3.63) is 40.9 Å². The highest BCUT2D eigenvalue weighted by Gasteiger charge is 2.39. The fraction of sp³-hybridized carbons (Fsp3) is 0.500. The number of nitrogens with one attached hydrogen (secondary N) is 2. The van der Waals surface area contributed by atoms with Gasteiger partial charge < -0.3 is 10.6 Å². The van der Waals surface area contributed by atoms with Gasteiger partial charge in [0.15, 0.2) is 0 Å². The van der Waals surface area contributed by atoms with Crippen LogP contribution in [-0.2, 0) is 16.0 Å². The number of hydrogen-bond acceptors (Lipinski definition) is 6. The molecule has 0 bridgehead atoms. The van der Waals surface area contributed by atoms with E-state index in [0.717, 1.165) is 36.5 Å². The van der Waals surface area contributed by atoms with Crippen LogP contribution in [0.5, 0.6) is 0 Å². The second-order valence-corrected chi connectivity index (χ2v) is 8.89. The molecule has 0 spiro atoms. The van der Waals surface area contributed by atoms with E-state index in [-0.39, 0.29) is 29.7 Å². The molecule has 0 saturated carbocycles. The van der Waals surface area contributed by atoms with Crippen LogP contribution >= 0.6 is 11.3 Å². The van der Waals surface area contributed by atoms with Crippen molar-refractivity contribution in [2.24, 2.45) is 5.92 Å². The normalized spacial score (nSPS) is 21.7. The average molecular weight is 400 g/mol. The summed E-state index contributed by atoms with van der Waals surface area (Å²) in [5, 5.41) is 16.4. The number of nitrogens with zero attached hydrogens (tertiary/aromatic N) is 3. The zero-order chi connectivity index (χ0) is 19.6. The highest BCUT2D eigenvalue weighted by atomic mass is 32.1. The first-order valence-corrected chi connectivity index (χ1v) is 10.5. The molecule has 2 aliphatic heterocycles. The second kappa shape index (κ2) is 7.97. The van der Waals surface area contributed by atoms with Crippen LogP contribution in [0, 0.1) is 5.92 Å². The lowest BCUT2D eigenvalue weighted by Gasteiger charge is -2.35. The summed E-state index contributed by atoms with van der Waals surface area (Å²) < 4.78 is 0. The van der Waals surface area contributed by atoms with Crippen molar-refractivity contribution < 1.29 is 9.59 Å². The summed E-state index contributed by atoms with van der Waals surface area (Å²) in [6.45, 7) is 4.27. The van der Waals surface area contributed by atoms with Crippen LogP contribution in [0.15, 0.2) is 30.3 Å². The monoisotopic (exact) mass is 399 g/mol. The van der Waals surface area contributed by atoms with E-state index >= 15 is 0 Å². The lowest BCUT2D eigenvalue weighted by Crippen LogP contribution is -2.54. The molecule has 0 radical (unpaired) electrons. The Kier molecular flexibility index (Phi) is 5.41. The lowest BCUT2D eigenvalue weighted by molar-refractivity contribution is -0.128. The molecule has 2 fully saturated rings. The van der Waals surface area contributed by atoms with Crippen molar-refractivity contribution in [3.63, 3.8) is 0 Å². The van der Waals surface area contributed by atoms with E-state index < -0.39 is 0 Å². The Morgan fingerprint density at radius 3 is 2.79 bits per heavy atom.